The zero-order valence-corrected chi connectivity index (χ0v) is 23.4. The second kappa shape index (κ2) is 11.7. The van der Waals surface area contributed by atoms with Crippen molar-refractivity contribution in [3.05, 3.63) is 127 Å². The minimum atomic E-state index is -0.887. The predicted molar refractivity (Wildman–Crippen MR) is 157 cm³/mol. The van der Waals surface area contributed by atoms with Crippen LogP contribution < -0.4 is 14.5 Å². The van der Waals surface area contributed by atoms with E-state index in [0.29, 0.717) is 28.3 Å². The number of nitro benzene ring substituents is 1. The average Bonchev–Trinajstić information content (AvgIpc) is 3.26. The number of benzene rings is 3. The molecule has 1 aromatic heterocycles. The van der Waals surface area contributed by atoms with E-state index in [1.54, 1.807) is 36.5 Å². The van der Waals surface area contributed by atoms with Crippen molar-refractivity contribution in [1.82, 2.24) is 14.8 Å². The normalized spacial score (nSPS) is 15.5. The lowest BCUT2D eigenvalue weighted by Crippen LogP contribution is -2.37. The molecule has 0 spiro atoms. The Kier molecular flexibility index (Phi) is 8.05. The first-order valence-electron chi connectivity index (χ1n) is 12.1. The van der Waals surface area contributed by atoms with Gasteiger partial charge in [0.05, 0.1) is 28.4 Å². The molecule has 0 saturated carbocycles. The monoisotopic (exact) mass is 609 g/mol. The third-order valence-corrected chi connectivity index (χ3v) is 7.32. The molecular formula is C29H20Cl3N4O5+. The SMILES string of the molecule is O=CC(=O)NC1=C[N+](Cc2ccc(Cl)cc2[N+](=O)[O-])(c2c(Cl)cncc2Cl)c2c(OCc3ccccc3)cccc21. The minimum absolute atomic E-state index is 0.0872. The number of quaternary nitrogens is 1. The molecule has 1 amide bonds. The van der Waals surface area contributed by atoms with Gasteiger partial charge in [0.25, 0.3) is 11.6 Å². The van der Waals surface area contributed by atoms with Crippen LogP contribution in [0.2, 0.25) is 15.1 Å². The lowest BCUT2D eigenvalue weighted by atomic mass is 10.1. The molecule has 1 aliphatic heterocycles. The molecule has 0 radical (unpaired) electrons. The largest absolute Gasteiger partial charge is 0.483 e. The standard InChI is InChI=1S/C29H19Cl3N4O5/c30-20-10-9-19(25(11-20)35(39)40)14-36(29-22(31)12-33-13-23(29)32)15-24(34-27(38)16-37)21-7-4-8-26(28(21)36)41-17-18-5-2-1-3-6-18/h1-13,15-16H,14,17H2/p+1. The lowest BCUT2D eigenvalue weighted by molar-refractivity contribution is -0.385. The summed E-state index contributed by atoms with van der Waals surface area (Å²) in [6, 6.07) is 19.1. The molecule has 0 bridgehead atoms. The van der Waals surface area contributed by atoms with E-state index < -0.39 is 10.8 Å². The van der Waals surface area contributed by atoms with Gasteiger partial charge < -0.3 is 10.1 Å². The van der Waals surface area contributed by atoms with Crippen LogP contribution >= 0.6 is 34.8 Å². The Hall–Kier alpha value is -4.28. The topological polar surface area (TPSA) is 111 Å². The van der Waals surface area contributed by atoms with Gasteiger partial charge >= 0.3 is 0 Å². The summed E-state index contributed by atoms with van der Waals surface area (Å²) in [5.41, 5.74) is 2.57. The lowest BCUT2D eigenvalue weighted by Gasteiger charge is -2.33. The number of para-hydroxylation sites is 1. The van der Waals surface area contributed by atoms with Crippen LogP contribution in [-0.2, 0) is 22.7 Å². The summed E-state index contributed by atoms with van der Waals surface area (Å²) in [6.07, 6.45) is 4.59. The molecule has 0 saturated heterocycles. The molecule has 9 nitrogen and oxygen atoms in total. The Bertz CT molecular complexity index is 1690. The fourth-order valence-corrected chi connectivity index (χ4v) is 5.73. The number of nitro groups is 1. The van der Waals surface area contributed by atoms with E-state index in [1.807, 2.05) is 30.3 Å². The van der Waals surface area contributed by atoms with Crippen molar-refractivity contribution < 1.29 is 19.2 Å². The zero-order valence-electron chi connectivity index (χ0n) is 21.1. The van der Waals surface area contributed by atoms with Gasteiger partial charge in [-0.2, -0.15) is 0 Å². The van der Waals surface area contributed by atoms with Crippen LogP contribution in [0, 0.1) is 10.1 Å². The van der Waals surface area contributed by atoms with Crippen LogP contribution in [0.5, 0.6) is 5.75 Å². The number of rotatable bonds is 9. The Balaban J connectivity index is 1.79. The number of pyridine rings is 1. The highest BCUT2D eigenvalue weighted by Gasteiger charge is 2.48. The molecule has 4 aromatic rings. The Morgan fingerprint density at radius 1 is 1.00 bits per heavy atom. The van der Waals surface area contributed by atoms with Crippen molar-refractivity contribution in [2.45, 2.75) is 13.2 Å². The first-order valence-corrected chi connectivity index (χ1v) is 13.3. The average molecular weight is 611 g/mol. The van der Waals surface area contributed by atoms with Crippen LogP contribution in [0.4, 0.5) is 17.1 Å². The van der Waals surface area contributed by atoms with E-state index in [1.165, 1.54) is 18.5 Å². The predicted octanol–water partition coefficient (Wildman–Crippen LogP) is 7.00. The van der Waals surface area contributed by atoms with Crippen molar-refractivity contribution in [3.63, 3.8) is 0 Å². The number of ether oxygens (including phenoxy) is 1. The minimum Gasteiger partial charge on any atom is -0.483 e. The number of aldehydes is 1. The van der Waals surface area contributed by atoms with E-state index >= 15 is 0 Å². The van der Waals surface area contributed by atoms with Gasteiger partial charge in [-0.25, -0.2) is 4.48 Å². The van der Waals surface area contributed by atoms with Crippen LogP contribution in [-0.4, -0.2) is 22.1 Å². The molecule has 206 valence electrons. The number of carbonyl (C=O) groups is 2. The molecule has 12 heteroatoms. The maximum atomic E-state index is 12.3. The van der Waals surface area contributed by atoms with Crippen molar-refractivity contribution in [2.24, 2.45) is 0 Å². The van der Waals surface area contributed by atoms with Crippen molar-refractivity contribution >= 4 is 69.8 Å². The summed E-state index contributed by atoms with van der Waals surface area (Å²) in [5, 5.41) is 15.2. The maximum absolute atomic E-state index is 12.3. The summed E-state index contributed by atoms with van der Waals surface area (Å²) in [5.74, 6) is -0.485. The molecule has 2 heterocycles. The molecule has 0 aliphatic carbocycles. The quantitative estimate of drug-likeness (QED) is 0.0718. The highest BCUT2D eigenvalue weighted by atomic mass is 35.5. The molecule has 5 rings (SSSR count). The number of amides is 1. The summed E-state index contributed by atoms with van der Waals surface area (Å²) in [7, 11) is 0. The number of carbonyl (C=O) groups excluding carboxylic acids is 2. The van der Waals surface area contributed by atoms with Gasteiger partial charge in [-0.1, -0.05) is 71.2 Å². The van der Waals surface area contributed by atoms with Crippen molar-refractivity contribution in [3.8, 4) is 5.75 Å². The highest BCUT2D eigenvalue weighted by molar-refractivity contribution is 6.39. The Morgan fingerprint density at radius 2 is 1.73 bits per heavy atom. The van der Waals surface area contributed by atoms with Gasteiger partial charge in [-0.3, -0.25) is 24.7 Å². The second-order valence-electron chi connectivity index (χ2n) is 9.09. The van der Waals surface area contributed by atoms with E-state index in [9.17, 15) is 19.7 Å². The van der Waals surface area contributed by atoms with E-state index in [2.05, 4.69) is 10.3 Å². The molecule has 3 aromatic carbocycles. The second-order valence-corrected chi connectivity index (χ2v) is 10.3. The molecule has 41 heavy (non-hydrogen) atoms. The fourth-order valence-electron chi connectivity index (χ4n) is 4.89. The molecular weight excluding hydrogens is 591 g/mol. The molecule has 1 N–H and O–H groups in total. The van der Waals surface area contributed by atoms with E-state index in [0.717, 1.165) is 5.56 Å². The summed E-state index contributed by atoms with van der Waals surface area (Å²) < 4.78 is 5.98. The summed E-state index contributed by atoms with van der Waals surface area (Å²) >= 11 is 19.6. The Labute approximate surface area is 249 Å². The fraction of sp³-hybridized carbons (Fsp3) is 0.0690. The van der Waals surface area contributed by atoms with Gasteiger partial charge in [0.2, 0.25) is 6.29 Å². The number of nitrogens with zero attached hydrogens (tertiary/aromatic N) is 3. The van der Waals surface area contributed by atoms with Crippen LogP contribution in [0.3, 0.4) is 0 Å². The van der Waals surface area contributed by atoms with Gasteiger partial charge in [-0.15, -0.1) is 0 Å². The van der Waals surface area contributed by atoms with Gasteiger partial charge in [0.15, 0.2) is 17.1 Å². The molecule has 1 aliphatic rings. The van der Waals surface area contributed by atoms with Crippen LogP contribution in [0.1, 0.15) is 16.7 Å². The Morgan fingerprint density at radius 3 is 2.41 bits per heavy atom. The van der Waals surface area contributed by atoms with Crippen LogP contribution in [0.25, 0.3) is 5.70 Å². The summed E-state index contributed by atoms with van der Waals surface area (Å²) in [6.45, 7) is 0.113. The number of halogens is 3. The molecule has 1 atom stereocenters. The first-order chi connectivity index (χ1) is 19.7. The maximum Gasteiger partial charge on any atom is 0.288 e. The van der Waals surface area contributed by atoms with Crippen molar-refractivity contribution in [1.29, 1.82) is 0 Å². The third kappa shape index (κ3) is 5.53. The van der Waals surface area contributed by atoms with Crippen molar-refractivity contribution in [2.75, 3.05) is 0 Å². The van der Waals surface area contributed by atoms with Gasteiger partial charge in [0, 0.05) is 11.1 Å². The van der Waals surface area contributed by atoms with E-state index in [-0.39, 0.29) is 50.4 Å². The van der Waals surface area contributed by atoms with E-state index in [4.69, 9.17) is 39.5 Å². The number of hydrogen-bond donors (Lipinski definition) is 1. The zero-order chi connectivity index (χ0) is 29.1. The number of fused-ring (bicyclic) bond motifs is 1. The van der Waals surface area contributed by atoms with Gasteiger partial charge in [0.1, 0.15) is 35.1 Å². The molecule has 0 fully saturated rings. The first kappa shape index (κ1) is 28.3. The van der Waals surface area contributed by atoms with Crippen LogP contribution in [0.15, 0.2) is 85.3 Å². The number of nitrogens with one attached hydrogen (secondary N) is 1. The molecule has 1 unspecified atom stereocenters. The van der Waals surface area contributed by atoms with Gasteiger partial charge in [-0.05, 0) is 29.8 Å². The number of hydrogen-bond acceptors (Lipinski definition) is 6. The summed E-state index contributed by atoms with van der Waals surface area (Å²) in [4.78, 5) is 39.2. The highest BCUT2D eigenvalue weighted by Crippen LogP contribution is 2.56. The third-order valence-electron chi connectivity index (χ3n) is 6.53. The smallest absolute Gasteiger partial charge is 0.288 e. The number of aromatic nitrogens is 1.